The van der Waals surface area contributed by atoms with Gasteiger partial charge in [-0.15, -0.1) is 4.48 Å². The largest absolute Gasteiger partial charge is 0.384 e. The molecule has 2 aliphatic heterocycles. The van der Waals surface area contributed by atoms with E-state index in [1.165, 1.54) is 21.0 Å². The molecule has 18 heteroatoms. The summed E-state index contributed by atoms with van der Waals surface area (Å²) < 4.78 is 10.8. The van der Waals surface area contributed by atoms with Crippen LogP contribution in [0.5, 0.6) is 0 Å². The lowest BCUT2D eigenvalue weighted by atomic mass is 10.00. The van der Waals surface area contributed by atoms with Gasteiger partial charge in [0.1, 0.15) is 24.1 Å². The van der Waals surface area contributed by atoms with Gasteiger partial charge < -0.3 is 39.8 Å². The number of halogens is 1. The summed E-state index contributed by atoms with van der Waals surface area (Å²) in [6, 6.07) is 13.6. The lowest BCUT2D eigenvalue weighted by molar-refractivity contribution is -0.122. The summed E-state index contributed by atoms with van der Waals surface area (Å²) in [5.74, 6) is 1.92. The van der Waals surface area contributed by atoms with Crippen molar-refractivity contribution < 1.29 is 33.2 Å². The number of Topliss-reactive ketones (excluding diaryl/α,β-unsaturated/α-hetero) is 2. The van der Waals surface area contributed by atoms with Crippen LogP contribution in [0.1, 0.15) is 160 Å². The number of aromatic nitrogens is 2. The fourth-order valence-electron chi connectivity index (χ4n) is 9.18. The number of anilines is 2. The summed E-state index contributed by atoms with van der Waals surface area (Å²) in [6.45, 7) is 31.1. The molecule has 3 aromatic rings. The highest BCUT2D eigenvalue weighted by Crippen LogP contribution is 2.28. The van der Waals surface area contributed by atoms with Crippen LogP contribution in [0.3, 0.4) is 0 Å². The molecule has 2 saturated heterocycles. The molecule has 79 heavy (non-hydrogen) atoms. The smallest absolute Gasteiger partial charge is 0.234 e. The van der Waals surface area contributed by atoms with Crippen molar-refractivity contribution in [2.75, 3.05) is 110 Å². The van der Waals surface area contributed by atoms with Crippen molar-refractivity contribution in [3.05, 3.63) is 94.6 Å². The van der Waals surface area contributed by atoms with Gasteiger partial charge in [-0.05, 0) is 142 Å². The molecule has 2 N–H and O–H groups in total. The molecule has 2 aliphatic rings. The van der Waals surface area contributed by atoms with Crippen molar-refractivity contribution in [3.63, 3.8) is 0 Å². The third-order valence-corrected chi connectivity index (χ3v) is 13.4. The first kappa shape index (κ1) is 70.9. The molecule has 17 nitrogen and oxygen atoms in total. The predicted octanol–water partition coefficient (Wildman–Crippen LogP) is 9.18. The molecular formula is C61H98FN11O6. The highest BCUT2D eigenvalue weighted by atomic mass is 19.2. The summed E-state index contributed by atoms with van der Waals surface area (Å²) in [6.07, 6.45) is 12.1. The van der Waals surface area contributed by atoms with Gasteiger partial charge in [0.15, 0.2) is 23.7 Å². The monoisotopic (exact) mass is 1100 g/mol. The third-order valence-electron chi connectivity index (χ3n) is 13.4. The van der Waals surface area contributed by atoms with Crippen molar-refractivity contribution >= 4 is 53.7 Å². The number of benzene rings is 1. The zero-order valence-corrected chi connectivity index (χ0v) is 50.4. The lowest BCUT2D eigenvalue weighted by Gasteiger charge is -2.34. The van der Waals surface area contributed by atoms with E-state index in [1.54, 1.807) is 32.3 Å². The molecule has 0 spiro atoms. The highest BCUT2D eigenvalue weighted by Gasteiger charge is 2.25. The fraction of sp³-hybridized carbons (Fsp3) is 0.590. The molecule has 5 rings (SSSR count). The Hall–Kier alpha value is -6.08. The summed E-state index contributed by atoms with van der Waals surface area (Å²) in [5.41, 5.74) is 6.30. The van der Waals surface area contributed by atoms with Gasteiger partial charge in [0, 0.05) is 121 Å². The number of amidine groups is 1. The van der Waals surface area contributed by atoms with Crippen molar-refractivity contribution in [1.29, 1.82) is 0 Å². The number of rotatable bonds is 27. The number of aliphatic imine (C=N–C) groups is 1. The number of aryl methyl sites for hydroxylation is 1. The number of ketones is 2. The molecular weight excluding hydrogens is 1000 g/mol. The van der Waals surface area contributed by atoms with Gasteiger partial charge in [-0.1, -0.05) is 52.5 Å². The fourth-order valence-corrected chi connectivity index (χ4v) is 9.18. The minimum Gasteiger partial charge on any atom is -0.384 e. The van der Waals surface area contributed by atoms with Crippen LogP contribution in [-0.2, 0) is 27.3 Å². The summed E-state index contributed by atoms with van der Waals surface area (Å²) in [4.78, 5) is 93.5. The quantitative estimate of drug-likeness (QED) is 0.0184. The first-order valence-electron chi connectivity index (χ1n) is 28.5. The number of carbonyl (C=O) groups is 6. The second-order valence-electron chi connectivity index (χ2n) is 19.7. The second kappa shape index (κ2) is 41.0. The highest BCUT2D eigenvalue weighted by molar-refractivity contribution is 6.06. The van der Waals surface area contributed by atoms with Gasteiger partial charge in [-0.3, -0.25) is 29.1 Å². The molecule has 0 saturated carbocycles. The Balaban J connectivity index is 0.000000843. The van der Waals surface area contributed by atoms with Gasteiger partial charge in [0.2, 0.25) is 5.91 Å². The number of hydrogen-bond acceptors (Lipinski definition) is 15. The number of unbranched alkanes of at least 4 members (excludes halogenated alkanes) is 1. The van der Waals surface area contributed by atoms with E-state index >= 15 is 0 Å². The average molecular weight is 1100 g/mol. The predicted molar refractivity (Wildman–Crippen MR) is 321 cm³/mol. The van der Waals surface area contributed by atoms with Crippen molar-refractivity contribution in [1.82, 2.24) is 40.0 Å². The maximum Gasteiger partial charge on any atom is 0.234 e. The van der Waals surface area contributed by atoms with Crippen LogP contribution in [0.2, 0.25) is 0 Å². The molecule has 440 valence electrons. The molecule has 1 amide bonds. The normalized spacial score (nSPS) is 14.7. The molecule has 2 aromatic heterocycles. The zero-order chi connectivity index (χ0) is 59.3. The second-order valence-corrected chi connectivity index (χ2v) is 19.7. The molecule has 0 bridgehead atoms. The van der Waals surface area contributed by atoms with Crippen LogP contribution in [0.4, 0.5) is 16.0 Å². The standard InChI is InChI=1S/C38H57N7O4.C12H17N3.C7H12O2.C2H6FN.C2H6/c1-6-32-33(29(3)47)24-36(45-19-10-12-28(45)2)41-35(32)25-42(5)17-11-18-43-20-22-44(23-21-43)26-37(49)40-16-8-7-15-39-34-14-9-13-31(27-46)38(34)30(4)48;1-5-15(6-2)12(13-4)11-9-7-8-10(3)14-11;1-2-7(6-9)4-3-5-8;1-4(2)3;1-2/h9,13-14,24,27-28,39H,6-8,10-12,15-23,25-26H2,1-5H3,(H,40,49);5,7-9H,1,6H2,2-4H3;5-7H,2-4H2,1H3;1-2H3;1-2H3. The maximum atomic E-state index is 12.6. The number of amides is 1. The van der Waals surface area contributed by atoms with Crippen LogP contribution >= 0.6 is 0 Å². The van der Waals surface area contributed by atoms with Gasteiger partial charge >= 0.3 is 0 Å². The van der Waals surface area contributed by atoms with Crippen LogP contribution in [-0.4, -0.2) is 183 Å². The van der Waals surface area contributed by atoms with Crippen molar-refractivity contribution in [3.8, 4) is 0 Å². The van der Waals surface area contributed by atoms with E-state index in [2.05, 4.69) is 74.6 Å². The molecule has 1 aromatic carbocycles. The van der Waals surface area contributed by atoms with E-state index < -0.39 is 0 Å². The number of carbonyl (C=O) groups excluding carboxylic acids is 6. The SMILES string of the molecule is C=CN(CC)C(=NC)c1cccc(C)n1.CC.CCC(C=O)CCC=O.CCc1c(C(C)=O)cc(N2CCCC2C)nc1CN(C)CCCN1CCN(CC(=O)NCCCCNc2cccc(C=O)c2C(C)=O)CC1.CN(C)F. The molecule has 0 aliphatic carbocycles. The first-order chi connectivity index (χ1) is 37.9. The number of pyridine rings is 2. The zero-order valence-electron chi connectivity index (χ0n) is 50.4. The minimum absolute atomic E-state index is 0.0526. The average Bonchev–Trinajstić information content (AvgIpc) is 3.91. The number of nitrogens with zero attached hydrogens (tertiary/aromatic N) is 9. The van der Waals surface area contributed by atoms with Crippen LogP contribution in [0.25, 0.3) is 0 Å². The van der Waals surface area contributed by atoms with Gasteiger partial charge in [0.05, 0.1) is 17.8 Å². The van der Waals surface area contributed by atoms with Crippen molar-refractivity contribution in [2.24, 2.45) is 10.9 Å². The number of nitrogens with one attached hydrogen (secondary N) is 2. The first-order valence-corrected chi connectivity index (χ1v) is 28.5. The summed E-state index contributed by atoms with van der Waals surface area (Å²) >= 11 is 0. The molecule has 0 radical (unpaired) electrons. The van der Waals surface area contributed by atoms with E-state index in [1.807, 2.05) is 62.9 Å². The molecule has 4 heterocycles. The van der Waals surface area contributed by atoms with Crippen LogP contribution < -0.4 is 15.5 Å². The number of hydrogen-bond donors (Lipinski definition) is 2. The van der Waals surface area contributed by atoms with Gasteiger partial charge in [-0.2, -0.15) is 5.12 Å². The number of piperazine rings is 1. The molecule has 2 fully saturated rings. The molecule has 2 unspecified atom stereocenters. The maximum absolute atomic E-state index is 12.6. The number of aldehydes is 3. The van der Waals surface area contributed by atoms with Gasteiger partial charge in [-0.25, -0.2) is 9.97 Å². The van der Waals surface area contributed by atoms with E-state index in [-0.39, 0.29) is 23.4 Å². The Labute approximate surface area is 473 Å². The van der Waals surface area contributed by atoms with Gasteiger partial charge in [0.25, 0.3) is 0 Å². The van der Waals surface area contributed by atoms with E-state index in [0.717, 1.165) is 156 Å². The molecule has 2 atom stereocenters. The Morgan fingerprint density at radius 3 is 2.10 bits per heavy atom. The van der Waals surface area contributed by atoms with Crippen molar-refractivity contribution in [2.45, 2.75) is 133 Å². The third kappa shape index (κ3) is 26.6. The summed E-state index contributed by atoms with van der Waals surface area (Å²) in [7, 11) is 6.58. The van der Waals surface area contributed by atoms with Crippen LogP contribution in [0.15, 0.2) is 60.2 Å². The van der Waals surface area contributed by atoms with E-state index in [4.69, 9.17) is 4.98 Å². The topological polar surface area (TPSA) is 184 Å². The minimum atomic E-state index is -0.139. The Morgan fingerprint density at radius 1 is 0.911 bits per heavy atom. The Kier molecular flexibility index (Phi) is 36.8. The van der Waals surface area contributed by atoms with E-state index in [0.29, 0.717) is 66.7 Å². The summed E-state index contributed by atoms with van der Waals surface area (Å²) in [5, 5.41) is 6.80. The Morgan fingerprint density at radius 2 is 1.57 bits per heavy atom. The lowest BCUT2D eigenvalue weighted by Crippen LogP contribution is -2.49. The van der Waals surface area contributed by atoms with E-state index in [9.17, 15) is 33.2 Å². The van der Waals surface area contributed by atoms with Crippen LogP contribution in [0, 0.1) is 12.8 Å². The Bertz CT molecular complexity index is 2320.